The van der Waals surface area contributed by atoms with E-state index in [1.54, 1.807) is 0 Å². The van der Waals surface area contributed by atoms with E-state index in [9.17, 15) is 18.0 Å². The maximum atomic E-state index is 12.8. The number of carbonyl (C=O) groups is 1. The molecule has 1 saturated carbocycles. The number of halogens is 4. The van der Waals surface area contributed by atoms with Gasteiger partial charge in [0.1, 0.15) is 0 Å². The van der Waals surface area contributed by atoms with Gasteiger partial charge in [0.05, 0.1) is 17.7 Å². The molecule has 112 valence electrons. The second-order valence-corrected chi connectivity index (χ2v) is 5.88. The van der Waals surface area contributed by atoms with E-state index in [1.165, 1.54) is 11.0 Å². The maximum Gasteiger partial charge on any atom is 0.416 e. The van der Waals surface area contributed by atoms with Crippen molar-refractivity contribution < 1.29 is 18.0 Å². The number of carbonyl (C=O) groups excluding carboxylic acids is 1. The van der Waals surface area contributed by atoms with Gasteiger partial charge >= 0.3 is 6.18 Å². The predicted molar refractivity (Wildman–Crippen MR) is 76.6 cm³/mol. The number of hydrogen-bond acceptors (Lipinski definition) is 1. The molecule has 6 heteroatoms. The van der Waals surface area contributed by atoms with Crippen molar-refractivity contribution in [3.63, 3.8) is 0 Å². The summed E-state index contributed by atoms with van der Waals surface area (Å²) in [6.45, 7) is 0.587. The second kappa shape index (κ2) is 6.10. The molecule has 1 fully saturated rings. The summed E-state index contributed by atoms with van der Waals surface area (Å²) in [6, 6.07) is 3.04. The van der Waals surface area contributed by atoms with Crippen LogP contribution in [0.25, 0.3) is 0 Å². The highest BCUT2D eigenvalue weighted by molar-refractivity contribution is 9.10. The van der Waals surface area contributed by atoms with Crippen molar-refractivity contribution in [1.82, 2.24) is 4.90 Å². The smallest absolute Gasteiger partial charge is 0.327 e. The van der Waals surface area contributed by atoms with Crippen LogP contribution >= 0.6 is 15.9 Å². The Morgan fingerprint density at radius 3 is 2.62 bits per heavy atom. The molecule has 0 spiro atoms. The first-order valence-corrected chi connectivity index (χ1v) is 7.21. The Labute approximate surface area is 129 Å². The van der Waals surface area contributed by atoms with E-state index >= 15 is 0 Å². The van der Waals surface area contributed by atoms with Gasteiger partial charge in [-0.05, 0) is 52.9 Å². The predicted octanol–water partition coefficient (Wildman–Crippen LogP) is 3.95. The fourth-order valence-electron chi connectivity index (χ4n) is 1.98. The molecule has 2 nitrogen and oxygen atoms in total. The third-order valence-corrected chi connectivity index (χ3v) is 3.96. The minimum Gasteiger partial charge on any atom is -0.327 e. The molecule has 21 heavy (non-hydrogen) atoms. The maximum absolute atomic E-state index is 12.8. The highest BCUT2D eigenvalue weighted by Gasteiger charge is 2.33. The third kappa shape index (κ3) is 4.01. The lowest BCUT2D eigenvalue weighted by Crippen LogP contribution is -2.33. The molecule has 1 amide bonds. The lowest BCUT2D eigenvalue weighted by Gasteiger charge is -2.21. The van der Waals surface area contributed by atoms with Crippen molar-refractivity contribution in [3.05, 3.63) is 33.8 Å². The zero-order valence-corrected chi connectivity index (χ0v) is 12.7. The molecule has 1 aromatic carbocycles. The topological polar surface area (TPSA) is 20.3 Å². The summed E-state index contributed by atoms with van der Waals surface area (Å²) in [5.41, 5.74) is -0.859. The van der Waals surface area contributed by atoms with Gasteiger partial charge < -0.3 is 4.90 Å². The molecule has 0 unspecified atom stereocenters. The van der Waals surface area contributed by atoms with Gasteiger partial charge in [-0.1, -0.05) is 5.92 Å². The summed E-state index contributed by atoms with van der Waals surface area (Å²) in [6.07, 6.45) is 2.81. The molecule has 0 N–H and O–H groups in total. The zero-order valence-electron chi connectivity index (χ0n) is 11.1. The van der Waals surface area contributed by atoms with E-state index < -0.39 is 17.6 Å². The van der Waals surface area contributed by atoms with Crippen LogP contribution in [0.3, 0.4) is 0 Å². The van der Waals surface area contributed by atoms with E-state index in [0.717, 1.165) is 25.0 Å². The fraction of sp³-hybridized carbons (Fsp3) is 0.400. The first-order chi connectivity index (χ1) is 9.82. The van der Waals surface area contributed by atoms with Crippen molar-refractivity contribution >= 4 is 21.8 Å². The average Bonchev–Trinajstić information content (AvgIpc) is 3.20. The van der Waals surface area contributed by atoms with Gasteiger partial charge in [0.2, 0.25) is 0 Å². The number of terminal acetylenes is 1. The van der Waals surface area contributed by atoms with Crippen LogP contribution in [0.2, 0.25) is 0 Å². The van der Waals surface area contributed by atoms with Crippen molar-refractivity contribution in [3.8, 4) is 12.3 Å². The highest BCUT2D eigenvalue weighted by Crippen LogP contribution is 2.33. The van der Waals surface area contributed by atoms with Crippen LogP contribution in [0.1, 0.15) is 28.8 Å². The van der Waals surface area contributed by atoms with E-state index in [0.29, 0.717) is 16.9 Å². The summed E-state index contributed by atoms with van der Waals surface area (Å²) in [5.74, 6) is 2.32. The van der Waals surface area contributed by atoms with E-state index in [4.69, 9.17) is 6.42 Å². The molecule has 0 saturated heterocycles. The highest BCUT2D eigenvalue weighted by atomic mass is 79.9. The number of amides is 1. The lowest BCUT2D eigenvalue weighted by molar-refractivity contribution is -0.137. The Kier molecular flexibility index (Phi) is 4.62. The van der Waals surface area contributed by atoms with Crippen molar-refractivity contribution in [2.75, 3.05) is 13.1 Å². The monoisotopic (exact) mass is 359 g/mol. The molecular weight excluding hydrogens is 347 g/mol. The lowest BCUT2D eigenvalue weighted by atomic mass is 10.1. The summed E-state index contributed by atoms with van der Waals surface area (Å²) in [7, 11) is 0. The molecule has 0 aliphatic heterocycles. The van der Waals surface area contributed by atoms with Crippen LogP contribution < -0.4 is 0 Å². The molecule has 0 bridgehead atoms. The molecule has 0 radical (unpaired) electrons. The van der Waals surface area contributed by atoms with Crippen LogP contribution in [0.5, 0.6) is 0 Å². The Balaban J connectivity index is 2.29. The van der Waals surface area contributed by atoms with Gasteiger partial charge in [0.25, 0.3) is 5.91 Å². The van der Waals surface area contributed by atoms with Crippen molar-refractivity contribution in [2.45, 2.75) is 19.0 Å². The summed E-state index contributed by atoms with van der Waals surface area (Å²) >= 11 is 3.13. The van der Waals surface area contributed by atoms with E-state index in [2.05, 4.69) is 21.9 Å². The fourth-order valence-corrected chi connectivity index (χ4v) is 2.39. The van der Waals surface area contributed by atoms with Crippen LogP contribution in [0.4, 0.5) is 13.2 Å². The SMILES string of the molecule is C#CCN(CC1CC1)C(=O)c1cc(C(F)(F)F)ccc1Br. The first-order valence-electron chi connectivity index (χ1n) is 6.42. The van der Waals surface area contributed by atoms with Crippen molar-refractivity contribution in [1.29, 1.82) is 0 Å². The zero-order chi connectivity index (χ0) is 15.6. The summed E-state index contributed by atoms with van der Waals surface area (Å²) in [4.78, 5) is 13.9. The molecule has 1 aromatic rings. The second-order valence-electron chi connectivity index (χ2n) is 5.03. The number of alkyl halides is 3. The number of nitrogens with zero attached hydrogens (tertiary/aromatic N) is 1. The van der Waals surface area contributed by atoms with Gasteiger partial charge in [0, 0.05) is 11.0 Å². The minimum absolute atomic E-state index is 0.0132. The van der Waals surface area contributed by atoms with Gasteiger partial charge in [-0.3, -0.25) is 4.79 Å². The summed E-state index contributed by atoms with van der Waals surface area (Å²) in [5, 5.41) is 0. The number of rotatable bonds is 4. The van der Waals surface area contributed by atoms with E-state index in [-0.39, 0.29) is 12.1 Å². The van der Waals surface area contributed by atoms with Crippen LogP contribution in [-0.2, 0) is 6.18 Å². The van der Waals surface area contributed by atoms with Crippen LogP contribution in [-0.4, -0.2) is 23.9 Å². The standard InChI is InChI=1S/C15H13BrF3NO/c1-2-7-20(9-10-3-4-10)14(21)12-8-11(15(17,18)19)5-6-13(12)16/h1,5-6,8,10H,3-4,7,9H2. The summed E-state index contributed by atoms with van der Waals surface area (Å²) < 4.78 is 38.6. The third-order valence-electron chi connectivity index (χ3n) is 3.27. The number of hydrogen-bond donors (Lipinski definition) is 0. The number of benzene rings is 1. The molecule has 0 aromatic heterocycles. The molecule has 1 aliphatic rings. The van der Waals surface area contributed by atoms with Crippen LogP contribution in [0, 0.1) is 18.3 Å². The average molecular weight is 360 g/mol. The van der Waals surface area contributed by atoms with Crippen LogP contribution in [0.15, 0.2) is 22.7 Å². The minimum atomic E-state index is -4.48. The first kappa shape index (κ1) is 15.9. The van der Waals surface area contributed by atoms with E-state index in [1.807, 2.05) is 0 Å². The Morgan fingerprint density at radius 2 is 2.10 bits per heavy atom. The molecular formula is C15H13BrF3NO. The quantitative estimate of drug-likeness (QED) is 0.745. The largest absolute Gasteiger partial charge is 0.416 e. The van der Waals surface area contributed by atoms with Crippen molar-refractivity contribution in [2.24, 2.45) is 5.92 Å². The van der Waals surface area contributed by atoms with Gasteiger partial charge in [-0.2, -0.15) is 13.2 Å². The Morgan fingerprint density at radius 1 is 1.43 bits per heavy atom. The normalized spacial score (nSPS) is 14.6. The van der Waals surface area contributed by atoms with Gasteiger partial charge in [0.15, 0.2) is 0 Å². The molecule has 1 aliphatic carbocycles. The molecule has 0 atom stereocenters. The van der Waals surface area contributed by atoms with Gasteiger partial charge in [-0.15, -0.1) is 6.42 Å². The molecule has 2 rings (SSSR count). The van der Waals surface area contributed by atoms with Gasteiger partial charge in [-0.25, -0.2) is 0 Å². The Bertz CT molecular complexity index is 588. The Hall–Kier alpha value is -1.48. The molecule has 0 heterocycles.